The van der Waals surface area contributed by atoms with E-state index < -0.39 is 29.9 Å². The molecule has 41 heavy (non-hydrogen) atoms. The van der Waals surface area contributed by atoms with Crippen LogP contribution >= 0.6 is 0 Å². The Hall–Kier alpha value is -4.79. The average molecular weight is 561 g/mol. The maximum absolute atomic E-state index is 13.1. The molecule has 1 saturated heterocycles. The van der Waals surface area contributed by atoms with Gasteiger partial charge in [-0.05, 0) is 61.2 Å². The number of hydrogen-bond acceptors (Lipinski definition) is 9. The first-order valence-corrected chi connectivity index (χ1v) is 13.4. The summed E-state index contributed by atoms with van der Waals surface area (Å²) in [5.41, 5.74) is 2.35. The number of unbranched alkanes of at least 4 members (excludes halogenated alkanes) is 3. The summed E-state index contributed by atoms with van der Waals surface area (Å²) in [4.78, 5) is 37.4. The largest absolute Gasteiger partial charge is 0.509 e. The topological polar surface area (TPSA) is 129 Å². The summed E-state index contributed by atoms with van der Waals surface area (Å²) in [6.45, 7) is 7.16. The first-order valence-electron chi connectivity index (χ1n) is 13.4. The summed E-state index contributed by atoms with van der Waals surface area (Å²) in [5, 5.41) is 20.0. The van der Waals surface area contributed by atoms with Gasteiger partial charge >= 0.3 is 18.1 Å². The Morgan fingerprint density at radius 3 is 2.39 bits per heavy atom. The van der Waals surface area contributed by atoms with Gasteiger partial charge < -0.3 is 29.2 Å². The lowest BCUT2D eigenvalue weighted by Gasteiger charge is -2.19. The Kier molecular flexibility index (Phi) is 9.29. The van der Waals surface area contributed by atoms with E-state index in [-0.39, 0.29) is 40.6 Å². The molecule has 0 aliphatic carbocycles. The molecule has 1 aliphatic heterocycles. The number of hydrogen-bond donors (Lipinski definition) is 2. The standard InChI is InChI=1S/C32H32O9/c1-4-5-6-7-8-20-9-11-21(12-10-20)23-16-28(40-31(36)24-15-22(33)13-14-26(24)34)25(29-18-38-32(37)41-29)17-27(23)39-30(35)19(2)3/h9-17,29,33-34H,2,4-8,18H2,1,3H3. The first kappa shape index (κ1) is 29.2. The van der Waals surface area contributed by atoms with Crippen LogP contribution in [0, 0.1) is 0 Å². The van der Waals surface area contributed by atoms with Crippen molar-refractivity contribution >= 4 is 18.1 Å². The van der Waals surface area contributed by atoms with Gasteiger partial charge in [0.25, 0.3) is 0 Å². The second-order valence-corrected chi connectivity index (χ2v) is 9.82. The molecule has 9 heteroatoms. The number of esters is 2. The lowest BCUT2D eigenvalue weighted by atomic mass is 9.97. The molecule has 0 spiro atoms. The third-order valence-electron chi connectivity index (χ3n) is 6.59. The maximum atomic E-state index is 13.1. The van der Waals surface area contributed by atoms with Crippen LogP contribution < -0.4 is 9.47 Å². The van der Waals surface area contributed by atoms with Crippen molar-refractivity contribution in [3.63, 3.8) is 0 Å². The van der Waals surface area contributed by atoms with Crippen LogP contribution in [0.4, 0.5) is 4.79 Å². The predicted molar refractivity (Wildman–Crippen MR) is 150 cm³/mol. The second-order valence-electron chi connectivity index (χ2n) is 9.82. The first-order chi connectivity index (χ1) is 19.7. The van der Waals surface area contributed by atoms with Crippen molar-refractivity contribution in [1.29, 1.82) is 0 Å². The molecule has 0 bridgehead atoms. The number of rotatable bonds is 11. The highest BCUT2D eigenvalue weighted by Crippen LogP contribution is 2.42. The Labute approximate surface area is 237 Å². The Morgan fingerprint density at radius 1 is 0.976 bits per heavy atom. The number of phenols is 2. The number of carbonyl (C=O) groups excluding carboxylic acids is 3. The van der Waals surface area contributed by atoms with Crippen molar-refractivity contribution < 1.29 is 43.5 Å². The molecule has 0 aromatic heterocycles. The summed E-state index contributed by atoms with van der Waals surface area (Å²) in [6.07, 6.45) is 3.63. The van der Waals surface area contributed by atoms with Crippen LogP contribution in [0.25, 0.3) is 11.1 Å². The van der Waals surface area contributed by atoms with Crippen molar-refractivity contribution in [3.05, 3.63) is 83.4 Å². The minimum atomic E-state index is -0.968. The molecule has 214 valence electrons. The van der Waals surface area contributed by atoms with E-state index in [0.717, 1.165) is 43.4 Å². The minimum Gasteiger partial charge on any atom is -0.508 e. The molecule has 4 rings (SSSR count). The molecule has 3 aromatic rings. The van der Waals surface area contributed by atoms with Crippen LogP contribution in [0.15, 0.2) is 66.7 Å². The summed E-state index contributed by atoms with van der Waals surface area (Å²) >= 11 is 0. The number of aromatic hydroxyl groups is 2. The number of aryl methyl sites for hydroxylation is 1. The molecule has 0 radical (unpaired) electrons. The average Bonchev–Trinajstić information content (AvgIpc) is 3.39. The van der Waals surface area contributed by atoms with Gasteiger partial charge in [0.15, 0.2) is 6.10 Å². The third-order valence-corrected chi connectivity index (χ3v) is 6.59. The highest BCUT2D eigenvalue weighted by molar-refractivity contribution is 5.95. The summed E-state index contributed by atoms with van der Waals surface area (Å²) in [7, 11) is 0. The van der Waals surface area contributed by atoms with Gasteiger partial charge in [-0.25, -0.2) is 14.4 Å². The summed E-state index contributed by atoms with van der Waals surface area (Å²) in [5.74, 6) is -2.16. The van der Waals surface area contributed by atoms with Gasteiger partial charge in [-0.3, -0.25) is 0 Å². The maximum Gasteiger partial charge on any atom is 0.509 e. The van der Waals surface area contributed by atoms with E-state index in [1.165, 1.54) is 31.5 Å². The molecule has 1 fully saturated rings. The van der Waals surface area contributed by atoms with Crippen molar-refractivity contribution in [2.24, 2.45) is 0 Å². The highest BCUT2D eigenvalue weighted by atomic mass is 16.8. The van der Waals surface area contributed by atoms with E-state index >= 15 is 0 Å². The number of ether oxygens (including phenoxy) is 4. The van der Waals surface area contributed by atoms with Gasteiger partial charge in [0.05, 0.1) is 0 Å². The Bertz CT molecular complexity index is 1460. The zero-order valence-electron chi connectivity index (χ0n) is 23.0. The second kappa shape index (κ2) is 13.0. The van der Waals surface area contributed by atoms with E-state index in [9.17, 15) is 24.6 Å². The fourth-order valence-corrected chi connectivity index (χ4v) is 4.34. The van der Waals surface area contributed by atoms with E-state index in [4.69, 9.17) is 18.9 Å². The SMILES string of the molecule is C=C(C)C(=O)Oc1cc(C2COC(=O)O2)c(OC(=O)c2cc(O)ccc2O)cc1-c1ccc(CCCCCC)cc1. The molecule has 0 amide bonds. The molecule has 2 N–H and O–H groups in total. The van der Waals surface area contributed by atoms with Crippen LogP contribution in [-0.4, -0.2) is 34.9 Å². The lowest BCUT2D eigenvalue weighted by Crippen LogP contribution is -2.14. The molecule has 1 atom stereocenters. The molecule has 1 heterocycles. The Balaban J connectivity index is 1.77. The van der Waals surface area contributed by atoms with Crippen LogP contribution in [0.2, 0.25) is 0 Å². The number of carbonyl (C=O) groups is 3. The predicted octanol–water partition coefficient (Wildman–Crippen LogP) is 6.80. The van der Waals surface area contributed by atoms with Crippen LogP contribution in [0.5, 0.6) is 23.0 Å². The number of benzene rings is 3. The van der Waals surface area contributed by atoms with E-state index in [1.54, 1.807) is 0 Å². The highest BCUT2D eigenvalue weighted by Gasteiger charge is 2.32. The molecule has 1 unspecified atom stereocenters. The van der Waals surface area contributed by atoms with Gasteiger partial charge in [0.2, 0.25) is 0 Å². The lowest BCUT2D eigenvalue weighted by molar-refractivity contribution is -0.130. The summed E-state index contributed by atoms with van der Waals surface area (Å²) < 4.78 is 21.5. The van der Waals surface area contributed by atoms with Crippen LogP contribution in [0.3, 0.4) is 0 Å². The van der Waals surface area contributed by atoms with Crippen molar-refractivity contribution in [2.45, 2.75) is 52.1 Å². The van der Waals surface area contributed by atoms with Crippen LogP contribution in [-0.2, 0) is 20.7 Å². The zero-order valence-corrected chi connectivity index (χ0v) is 23.0. The van der Waals surface area contributed by atoms with Crippen molar-refractivity contribution in [3.8, 4) is 34.1 Å². The normalized spacial score (nSPS) is 14.2. The van der Waals surface area contributed by atoms with Crippen molar-refractivity contribution in [2.75, 3.05) is 6.61 Å². The van der Waals surface area contributed by atoms with E-state index in [1.807, 2.05) is 24.3 Å². The molecule has 9 nitrogen and oxygen atoms in total. The molecule has 3 aromatic carbocycles. The molecular formula is C32H32O9. The molecular weight excluding hydrogens is 528 g/mol. The quantitative estimate of drug-likeness (QED) is 0.0855. The zero-order chi connectivity index (χ0) is 29.5. The van der Waals surface area contributed by atoms with E-state index in [0.29, 0.717) is 11.1 Å². The smallest absolute Gasteiger partial charge is 0.508 e. The Morgan fingerprint density at radius 2 is 1.73 bits per heavy atom. The minimum absolute atomic E-state index is 0.0187. The van der Waals surface area contributed by atoms with Crippen LogP contribution in [0.1, 0.15) is 67.1 Å². The van der Waals surface area contributed by atoms with Crippen molar-refractivity contribution in [1.82, 2.24) is 0 Å². The number of cyclic esters (lactones) is 2. The monoisotopic (exact) mass is 560 g/mol. The van der Waals surface area contributed by atoms with Gasteiger partial charge in [0, 0.05) is 16.7 Å². The molecule has 1 aliphatic rings. The third kappa shape index (κ3) is 7.25. The van der Waals surface area contributed by atoms with E-state index in [2.05, 4.69) is 13.5 Å². The van der Waals surface area contributed by atoms with Gasteiger partial charge in [-0.2, -0.15) is 0 Å². The van der Waals surface area contributed by atoms with Gasteiger partial charge in [-0.15, -0.1) is 0 Å². The van der Waals surface area contributed by atoms with Gasteiger partial charge in [0.1, 0.15) is 35.2 Å². The number of phenolic OH excluding ortho intramolecular Hbond substituents is 2. The van der Waals surface area contributed by atoms with Gasteiger partial charge in [-0.1, -0.05) is 57.0 Å². The fraction of sp³-hybridized carbons (Fsp3) is 0.281. The summed E-state index contributed by atoms with van der Waals surface area (Å²) in [6, 6.07) is 14.1. The molecule has 0 saturated carbocycles. The fourth-order valence-electron chi connectivity index (χ4n) is 4.34.